The van der Waals surface area contributed by atoms with Crippen LogP contribution < -0.4 is 5.32 Å². The van der Waals surface area contributed by atoms with Crippen LogP contribution in [0.4, 0.5) is 0 Å². The minimum Gasteiger partial charge on any atom is -0.389 e. The van der Waals surface area contributed by atoms with Crippen molar-refractivity contribution in [3.8, 4) is 0 Å². The van der Waals surface area contributed by atoms with Gasteiger partial charge < -0.3 is 15.2 Å². The maximum atomic E-state index is 9.47. The molecule has 0 bridgehead atoms. The highest BCUT2D eigenvalue weighted by Crippen LogP contribution is 2.04. The van der Waals surface area contributed by atoms with Crippen molar-refractivity contribution in [1.29, 1.82) is 0 Å². The molecule has 0 saturated carbocycles. The van der Waals surface area contributed by atoms with Gasteiger partial charge in [-0.05, 0) is 19.0 Å². The van der Waals surface area contributed by atoms with Crippen LogP contribution in [-0.4, -0.2) is 46.8 Å². The van der Waals surface area contributed by atoms with E-state index >= 15 is 0 Å². The van der Waals surface area contributed by atoms with Gasteiger partial charge in [0.2, 0.25) is 0 Å². The molecule has 15 heavy (non-hydrogen) atoms. The third-order valence-corrected chi connectivity index (χ3v) is 2.58. The molecule has 1 aliphatic heterocycles. The average molecular weight is 211 g/mol. The monoisotopic (exact) mass is 211 g/mol. The SMILES string of the molecule is OC1COCC1NCCCn1cccn1. The van der Waals surface area contributed by atoms with E-state index in [0.717, 1.165) is 19.5 Å². The van der Waals surface area contributed by atoms with E-state index in [0.29, 0.717) is 13.2 Å². The van der Waals surface area contributed by atoms with Crippen LogP contribution in [0.15, 0.2) is 18.5 Å². The number of aromatic nitrogens is 2. The summed E-state index contributed by atoms with van der Waals surface area (Å²) in [6.07, 6.45) is 4.38. The fraction of sp³-hybridized carbons (Fsp3) is 0.700. The highest BCUT2D eigenvalue weighted by atomic mass is 16.5. The molecule has 1 fully saturated rings. The summed E-state index contributed by atoms with van der Waals surface area (Å²) in [5, 5.41) is 16.9. The lowest BCUT2D eigenvalue weighted by atomic mass is 10.2. The number of nitrogens with zero attached hydrogens (tertiary/aromatic N) is 2. The van der Waals surface area contributed by atoms with Crippen molar-refractivity contribution in [2.75, 3.05) is 19.8 Å². The van der Waals surface area contributed by atoms with Crippen molar-refractivity contribution in [2.45, 2.75) is 25.1 Å². The zero-order chi connectivity index (χ0) is 10.5. The average Bonchev–Trinajstić information content (AvgIpc) is 2.85. The Kier molecular flexibility index (Phi) is 3.71. The Labute approximate surface area is 89.0 Å². The van der Waals surface area contributed by atoms with E-state index in [-0.39, 0.29) is 12.1 Å². The summed E-state index contributed by atoms with van der Waals surface area (Å²) in [6, 6.07) is 2.02. The highest BCUT2D eigenvalue weighted by molar-refractivity contribution is 4.81. The number of rotatable bonds is 5. The molecule has 2 unspecified atom stereocenters. The van der Waals surface area contributed by atoms with Crippen molar-refractivity contribution >= 4 is 0 Å². The van der Waals surface area contributed by atoms with E-state index in [1.807, 2.05) is 16.9 Å². The summed E-state index contributed by atoms with van der Waals surface area (Å²) in [7, 11) is 0. The first-order chi connectivity index (χ1) is 7.36. The lowest BCUT2D eigenvalue weighted by molar-refractivity contribution is 0.122. The second-order valence-electron chi connectivity index (χ2n) is 3.79. The van der Waals surface area contributed by atoms with E-state index in [1.165, 1.54) is 0 Å². The van der Waals surface area contributed by atoms with Gasteiger partial charge in [-0.3, -0.25) is 4.68 Å². The largest absolute Gasteiger partial charge is 0.389 e. The van der Waals surface area contributed by atoms with Crippen molar-refractivity contribution in [1.82, 2.24) is 15.1 Å². The number of aliphatic hydroxyl groups excluding tert-OH is 1. The minimum atomic E-state index is -0.352. The van der Waals surface area contributed by atoms with E-state index in [1.54, 1.807) is 6.20 Å². The second-order valence-corrected chi connectivity index (χ2v) is 3.79. The lowest BCUT2D eigenvalue weighted by Crippen LogP contribution is -2.39. The summed E-state index contributed by atoms with van der Waals surface area (Å²) in [4.78, 5) is 0. The van der Waals surface area contributed by atoms with Gasteiger partial charge in [-0.1, -0.05) is 0 Å². The summed E-state index contributed by atoms with van der Waals surface area (Å²) in [5.74, 6) is 0. The molecule has 2 atom stereocenters. The Morgan fingerprint density at radius 3 is 3.13 bits per heavy atom. The summed E-state index contributed by atoms with van der Waals surface area (Å²) in [5.41, 5.74) is 0. The maximum absolute atomic E-state index is 9.47. The molecule has 2 heterocycles. The van der Waals surface area contributed by atoms with E-state index in [2.05, 4.69) is 10.4 Å². The molecule has 1 aromatic rings. The van der Waals surface area contributed by atoms with Crippen LogP contribution in [0.2, 0.25) is 0 Å². The van der Waals surface area contributed by atoms with Gasteiger partial charge in [0.05, 0.1) is 25.4 Å². The smallest absolute Gasteiger partial charge is 0.0948 e. The van der Waals surface area contributed by atoms with Crippen molar-refractivity contribution in [3.05, 3.63) is 18.5 Å². The number of hydrogen-bond donors (Lipinski definition) is 2. The van der Waals surface area contributed by atoms with E-state index < -0.39 is 0 Å². The highest BCUT2D eigenvalue weighted by Gasteiger charge is 2.24. The first-order valence-corrected chi connectivity index (χ1v) is 5.33. The van der Waals surface area contributed by atoms with Crippen LogP contribution in [0.1, 0.15) is 6.42 Å². The van der Waals surface area contributed by atoms with Gasteiger partial charge in [0.1, 0.15) is 0 Å². The molecule has 1 aromatic heterocycles. The van der Waals surface area contributed by atoms with Gasteiger partial charge >= 0.3 is 0 Å². The van der Waals surface area contributed by atoms with Crippen LogP contribution >= 0.6 is 0 Å². The van der Waals surface area contributed by atoms with Gasteiger partial charge in [0.15, 0.2) is 0 Å². The zero-order valence-electron chi connectivity index (χ0n) is 8.67. The molecule has 1 saturated heterocycles. The minimum absolute atomic E-state index is 0.0996. The van der Waals surface area contributed by atoms with E-state index in [4.69, 9.17) is 4.74 Å². The predicted molar refractivity (Wildman–Crippen MR) is 55.5 cm³/mol. The molecule has 2 N–H and O–H groups in total. The van der Waals surface area contributed by atoms with Crippen molar-refractivity contribution in [2.24, 2.45) is 0 Å². The number of aryl methyl sites for hydroxylation is 1. The molecular formula is C10H17N3O2. The summed E-state index contributed by atoms with van der Waals surface area (Å²) >= 11 is 0. The third-order valence-electron chi connectivity index (χ3n) is 2.58. The molecule has 0 radical (unpaired) electrons. The number of aliphatic hydroxyl groups is 1. The second kappa shape index (κ2) is 5.25. The van der Waals surface area contributed by atoms with E-state index in [9.17, 15) is 5.11 Å². The molecular weight excluding hydrogens is 194 g/mol. The quantitative estimate of drug-likeness (QED) is 0.652. The molecule has 0 amide bonds. The van der Waals surface area contributed by atoms with Crippen LogP contribution in [0.5, 0.6) is 0 Å². The number of nitrogens with one attached hydrogen (secondary N) is 1. The Bertz CT molecular complexity index is 276. The summed E-state index contributed by atoms with van der Waals surface area (Å²) in [6.45, 7) is 2.86. The number of ether oxygens (including phenoxy) is 1. The first kappa shape index (κ1) is 10.6. The maximum Gasteiger partial charge on any atom is 0.0948 e. The van der Waals surface area contributed by atoms with Crippen molar-refractivity contribution in [3.63, 3.8) is 0 Å². The Morgan fingerprint density at radius 1 is 1.53 bits per heavy atom. The van der Waals surface area contributed by atoms with Crippen molar-refractivity contribution < 1.29 is 9.84 Å². The third kappa shape index (κ3) is 3.02. The lowest BCUT2D eigenvalue weighted by Gasteiger charge is -2.14. The molecule has 0 aromatic carbocycles. The predicted octanol–water partition coefficient (Wildman–Crippen LogP) is -0.377. The topological polar surface area (TPSA) is 59.3 Å². The van der Waals surface area contributed by atoms with Gasteiger partial charge in [0, 0.05) is 18.9 Å². The van der Waals surface area contributed by atoms with Crippen LogP contribution in [0.3, 0.4) is 0 Å². The fourth-order valence-corrected chi connectivity index (χ4v) is 1.70. The van der Waals surface area contributed by atoms with Crippen LogP contribution in [0.25, 0.3) is 0 Å². The van der Waals surface area contributed by atoms with Gasteiger partial charge in [-0.25, -0.2) is 0 Å². The molecule has 1 aliphatic rings. The standard InChI is InChI=1S/C10H17N3O2/c14-10-8-15-7-9(10)11-3-1-5-13-6-2-4-12-13/h2,4,6,9-11,14H,1,3,5,7-8H2. The Hall–Kier alpha value is -0.910. The Balaban J connectivity index is 1.59. The zero-order valence-corrected chi connectivity index (χ0v) is 8.67. The number of hydrogen-bond acceptors (Lipinski definition) is 4. The molecule has 5 heteroatoms. The summed E-state index contributed by atoms with van der Waals surface area (Å²) < 4.78 is 7.05. The Morgan fingerprint density at radius 2 is 2.47 bits per heavy atom. The molecule has 0 spiro atoms. The van der Waals surface area contributed by atoms with Crippen LogP contribution in [0, 0.1) is 0 Å². The molecule has 0 aliphatic carbocycles. The molecule has 2 rings (SSSR count). The van der Waals surface area contributed by atoms with Gasteiger partial charge in [-0.15, -0.1) is 0 Å². The van der Waals surface area contributed by atoms with Gasteiger partial charge in [0.25, 0.3) is 0 Å². The normalized spacial score (nSPS) is 25.9. The molecule has 5 nitrogen and oxygen atoms in total. The molecule has 84 valence electrons. The van der Waals surface area contributed by atoms with Gasteiger partial charge in [-0.2, -0.15) is 5.10 Å². The first-order valence-electron chi connectivity index (χ1n) is 5.33. The van der Waals surface area contributed by atoms with Crippen LogP contribution in [-0.2, 0) is 11.3 Å². The fourth-order valence-electron chi connectivity index (χ4n) is 1.70.